The summed E-state index contributed by atoms with van der Waals surface area (Å²) in [6.45, 7) is 2.43. The van der Waals surface area contributed by atoms with E-state index >= 15 is 0 Å². The summed E-state index contributed by atoms with van der Waals surface area (Å²) in [7, 11) is 1.52. The average molecular weight is 250 g/mol. The number of carbonyl (C=O) groups is 1. The van der Waals surface area contributed by atoms with Crippen LogP contribution < -0.4 is 5.32 Å². The van der Waals surface area contributed by atoms with E-state index in [2.05, 4.69) is 5.32 Å². The van der Waals surface area contributed by atoms with E-state index in [0.717, 1.165) is 19.4 Å². The molecule has 1 N–H and O–H groups in total. The largest absolute Gasteiger partial charge is 0.376 e. The minimum atomic E-state index is -2.42. The zero-order valence-electron chi connectivity index (χ0n) is 10.3. The Morgan fingerprint density at radius 2 is 2.29 bits per heavy atom. The van der Waals surface area contributed by atoms with Crippen LogP contribution >= 0.6 is 0 Å². The number of nitrogens with zero attached hydrogens (tertiary/aromatic N) is 1. The van der Waals surface area contributed by atoms with Crippen molar-refractivity contribution in [1.29, 1.82) is 0 Å². The molecule has 6 heteroatoms. The van der Waals surface area contributed by atoms with Crippen LogP contribution in [0.3, 0.4) is 0 Å². The first-order valence-corrected chi connectivity index (χ1v) is 5.88. The predicted molar refractivity (Wildman–Crippen MR) is 60.1 cm³/mol. The molecule has 1 fully saturated rings. The van der Waals surface area contributed by atoms with E-state index in [1.54, 1.807) is 6.92 Å². The monoisotopic (exact) mass is 250 g/mol. The van der Waals surface area contributed by atoms with Crippen molar-refractivity contribution >= 4 is 5.91 Å². The number of ether oxygens (including phenoxy) is 1. The molecule has 1 rings (SSSR count). The SMILES string of the molecule is C[C@@H](C(=O)NC[C@H]1CCCO1)N(C)CC(F)F. The van der Waals surface area contributed by atoms with Gasteiger partial charge < -0.3 is 10.1 Å². The Balaban J connectivity index is 2.25. The van der Waals surface area contributed by atoms with E-state index in [9.17, 15) is 13.6 Å². The lowest BCUT2D eigenvalue weighted by Gasteiger charge is -2.23. The second kappa shape index (κ2) is 6.86. The summed E-state index contributed by atoms with van der Waals surface area (Å²) in [5.74, 6) is -0.233. The lowest BCUT2D eigenvalue weighted by atomic mass is 10.2. The van der Waals surface area contributed by atoms with Crippen LogP contribution in [0.15, 0.2) is 0 Å². The summed E-state index contributed by atoms with van der Waals surface area (Å²) in [5, 5.41) is 2.73. The van der Waals surface area contributed by atoms with E-state index < -0.39 is 19.0 Å². The molecule has 1 aliphatic rings. The van der Waals surface area contributed by atoms with Gasteiger partial charge in [-0.05, 0) is 26.8 Å². The van der Waals surface area contributed by atoms with E-state index in [0.29, 0.717) is 6.54 Å². The Bertz CT molecular complexity index is 246. The number of likely N-dealkylation sites (N-methyl/N-ethyl adjacent to an activating group) is 1. The molecule has 17 heavy (non-hydrogen) atoms. The van der Waals surface area contributed by atoms with Crippen LogP contribution in [0.5, 0.6) is 0 Å². The third-order valence-corrected chi connectivity index (χ3v) is 2.99. The minimum absolute atomic E-state index is 0.0755. The molecule has 1 heterocycles. The molecule has 0 aromatic rings. The molecule has 0 saturated carbocycles. The summed E-state index contributed by atoms with van der Waals surface area (Å²) in [5.41, 5.74) is 0. The van der Waals surface area contributed by atoms with Gasteiger partial charge in [-0.3, -0.25) is 9.69 Å². The van der Waals surface area contributed by atoms with Crippen molar-refractivity contribution in [2.75, 3.05) is 26.7 Å². The molecule has 2 atom stereocenters. The molecule has 0 unspecified atom stereocenters. The van der Waals surface area contributed by atoms with E-state index in [1.807, 2.05) is 0 Å². The number of hydrogen-bond acceptors (Lipinski definition) is 3. The fourth-order valence-corrected chi connectivity index (χ4v) is 1.74. The fraction of sp³-hybridized carbons (Fsp3) is 0.909. The van der Waals surface area contributed by atoms with Gasteiger partial charge in [-0.2, -0.15) is 0 Å². The standard InChI is InChI=1S/C11H20F2N2O2/c1-8(15(2)7-10(12)13)11(16)14-6-9-4-3-5-17-9/h8-10H,3-7H2,1-2H3,(H,14,16)/t8-,9+/m0/s1. The maximum absolute atomic E-state index is 12.1. The van der Waals surface area contributed by atoms with Crippen LogP contribution in [0.2, 0.25) is 0 Å². The Morgan fingerprint density at radius 1 is 1.59 bits per heavy atom. The van der Waals surface area contributed by atoms with Crippen molar-refractivity contribution in [2.24, 2.45) is 0 Å². The van der Waals surface area contributed by atoms with Crippen LogP contribution in [0.4, 0.5) is 8.78 Å². The highest BCUT2D eigenvalue weighted by atomic mass is 19.3. The van der Waals surface area contributed by atoms with Gasteiger partial charge in [-0.15, -0.1) is 0 Å². The summed E-state index contributed by atoms with van der Waals surface area (Å²) in [4.78, 5) is 13.0. The van der Waals surface area contributed by atoms with Crippen molar-refractivity contribution in [3.05, 3.63) is 0 Å². The molecule has 0 bridgehead atoms. The van der Waals surface area contributed by atoms with Gasteiger partial charge in [0.15, 0.2) is 0 Å². The predicted octanol–water partition coefficient (Wildman–Crippen LogP) is 0.867. The number of carbonyl (C=O) groups excluding carboxylic acids is 1. The first-order chi connectivity index (χ1) is 8.00. The highest BCUT2D eigenvalue weighted by molar-refractivity contribution is 5.81. The molecule has 100 valence electrons. The van der Waals surface area contributed by atoms with E-state index in [1.165, 1.54) is 11.9 Å². The molecule has 0 aliphatic carbocycles. The van der Waals surface area contributed by atoms with Crippen molar-refractivity contribution in [3.8, 4) is 0 Å². The van der Waals surface area contributed by atoms with Crippen molar-refractivity contribution in [3.63, 3.8) is 0 Å². The number of halogens is 2. The molecular weight excluding hydrogens is 230 g/mol. The van der Waals surface area contributed by atoms with E-state index in [4.69, 9.17) is 4.74 Å². The zero-order valence-corrected chi connectivity index (χ0v) is 10.3. The minimum Gasteiger partial charge on any atom is -0.376 e. The molecule has 0 radical (unpaired) electrons. The molecule has 0 spiro atoms. The zero-order chi connectivity index (χ0) is 12.8. The van der Waals surface area contributed by atoms with Gasteiger partial charge in [0.2, 0.25) is 5.91 Å². The molecule has 1 aliphatic heterocycles. The van der Waals surface area contributed by atoms with Crippen molar-refractivity contribution in [2.45, 2.75) is 38.3 Å². The molecule has 0 aromatic heterocycles. The summed E-state index contributed by atoms with van der Waals surface area (Å²) in [6, 6.07) is -0.551. The summed E-state index contributed by atoms with van der Waals surface area (Å²) >= 11 is 0. The Labute approximate surface area is 100 Å². The third kappa shape index (κ3) is 4.95. The van der Waals surface area contributed by atoms with Crippen LogP contribution in [0.1, 0.15) is 19.8 Å². The number of amides is 1. The fourth-order valence-electron chi connectivity index (χ4n) is 1.74. The van der Waals surface area contributed by atoms with Gasteiger partial charge in [0.25, 0.3) is 6.43 Å². The second-order valence-corrected chi connectivity index (χ2v) is 4.39. The van der Waals surface area contributed by atoms with Crippen LogP contribution in [-0.4, -0.2) is 56.1 Å². The number of nitrogens with one attached hydrogen (secondary N) is 1. The van der Waals surface area contributed by atoms with Crippen LogP contribution in [0.25, 0.3) is 0 Å². The Kier molecular flexibility index (Phi) is 5.77. The molecule has 1 saturated heterocycles. The van der Waals surface area contributed by atoms with Gasteiger partial charge >= 0.3 is 0 Å². The first kappa shape index (κ1) is 14.3. The van der Waals surface area contributed by atoms with E-state index in [-0.39, 0.29) is 12.0 Å². The van der Waals surface area contributed by atoms with Gasteiger partial charge in [0.05, 0.1) is 18.7 Å². The highest BCUT2D eigenvalue weighted by Gasteiger charge is 2.22. The molecule has 4 nitrogen and oxygen atoms in total. The van der Waals surface area contributed by atoms with Gasteiger partial charge in [-0.25, -0.2) is 8.78 Å². The topological polar surface area (TPSA) is 41.6 Å². The third-order valence-electron chi connectivity index (χ3n) is 2.99. The van der Waals surface area contributed by atoms with Gasteiger partial charge in [0.1, 0.15) is 0 Å². The smallest absolute Gasteiger partial charge is 0.251 e. The van der Waals surface area contributed by atoms with Crippen molar-refractivity contribution < 1.29 is 18.3 Å². The quantitative estimate of drug-likeness (QED) is 0.760. The Hall–Kier alpha value is -0.750. The van der Waals surface area contributed by atoms with Gasteiger partial charge in [-0.1, -0.05) is 0 Å². The number of alkyl halides is 2. The van der Waals surface area contributed by atoms with Gasteiger partial charge in [0, 0.05) is 13.2 Å². The molecular formula is C11H20F2N2O2. The maximum atomic E-state index is 12.1. The first-order valence-electron chi connectivity index (χ1n) is 5.88. The normalized spacial score (nSPS) is 22.1. The maximum Gasteiger partial charge on any atom is 0.251 e. The number of hydrogen-bond donors (Lipinski definition) is 1. The second-order valence-electron chi connectivity index (χ2n) is 4.39. The van der Waals surface area contributed by atoms with Crippen molar-refractivity contribution in [1.82, 2.24) is 10.2 Å². The number of rotatable bonds is 6. The molecule has 0 aromatic carbocycles. The lowest BCUT2D eigenvalue weighted by molar-refractivity contribution is -0.126. The highest BCUT2D eigenvalue weighted by Crippen LogP contribution is 2.10. The van der Waals surface area contributed by atoms with Crippen LogP contribution in [-0.2, 0) is 9.53 Å². The summed E-state index contributed by atoms with van der Waals surface area (Å²) < 4.78 is 29.7. The lowest BCUT2D eigenvalue weighted by Crippen LogP contribution is -2.46. The van der Waals surface area contributed by atoms with Crippen LogP contribution in [0, 0.1) is 0 Å². The molecule has 1 amide bonds. The summed E-state index contributed by atoms with van der Waals surface area (Å²) in [6.07, 6.45) is -0.386. The average Bonchev–Trinajstić information content (AvgIpc) is 2.76. The Morgan fingerprint density at radius 3 is 2.82 bits per heavy atom.